The summed E-state index contributed by atoms with van der Waals surface area (Å²) in [5.41, 5.74) is 8.94. The summed E-state index contributed by atoms with van der Waals surface area (Å²) in [4.78, 5) is 4.50. The number of nitrogens with zero attached hydrogens (tertiary/aromatic N) is 1. The zero-order valence-corrected chi connectivity index (χ0v) is 14.1. The standard InChI is InChI=1S/C18H17N3S.ClH/c19-18(20-15-8-3-5-13(11-15)12-22)21-17-10-4-7-14-6-1-2-9-16(14)17;/h1-11,22H,12H2,(H3,19,20,21);1H. The molecule has 3 aromatic rings. The van der Waals surface area contributed by atoms with Gasteiger partial charge in [0.05, 0.1) is 5.69 Å². The Morgan fingerprint density at radius 3 is 2.57 bits per heavy atom. The quantitative estimate of drug-likeness (QED) is 0.365. The number of benzene rings is 3. The molecule has 0 spiro atoms. The normalized spacial score (nSPS) is 11.1. The zero-order chi connectivity index (χ0) is 15.4. The average molecular weight is 344 g/mol. The van der Waals surface area contributed by atoms with E-state index in [0.29, 0.717) is 11.7 Å². The molecule has 3 aromatic carbocycles. The number of guanidine groups is 1. The molecule has 0 aliphatic rings. The topological polar surface area (TPSA) is 50.4 Å². The fourth-order valence-corrected chi connectivity index (χ4v) is 2.56. The summed E-state index contributed by atoms with van der Waals surface area (Å²) in [7, 11) is 0. The van der Waals surface area contributed by atoms with E-state index in [-0.39, 0.29) is 12.4 Å². The van der Waals surface area contributed by atoms with Crippen LogP contribution in [0.4, 0.5) is 11.4 Å². The number of thiol groups is 1. The molecule has 3 rings (SSSR count). The van der Waals surface area contributed by atoms with Gasteiger partial charge in [-0.05, 0) is 29.1 Å². The molecule has 0 atom stereocenters. The molecule has 0 unspecified atom stereocenters. The van der Waals surface area contributed by atoms with Gasteiger partial charge in [-0.1, -0.05) is 48.5 Å². The van der Waals surface area contributed by atoms with Crippen LogP contribution in [0.5, 0.6) is 0 Å². The lowest BCUT2D eigenvalue weighted by Gasteiger charge is -2.08. The number of hydrogen-bond donors (Lipinski definition) is 3. The number of fused-ring (bicyclic) bond motifs is 1. The van der Waals surface area contributed by atoms with Crippen LogP contribution in [0.1, 0.15) is 5.56 Å². The molecule has 5 heteroatoms. The Labute approximate surface area is 147 Å². The lowest BCUT2D eigenvalue weighted by molar-refractivity contribution is 1.40. The van der Waals surface area contributed by atoms with Gasteiger partial charge >= 0.3 is 0 Å². The lowest BCUT2D eigenvalue weighted by atomic mass is 10.1. The van der Waals surface area contributed by atoms with Crippen molar-refractivity contribution in [3.8, 4) is 0 Å². The third-order valence-electron chi connectivity index (χ3n) is 3.39. The predicted molar refractivity (Wildman–Crippen MR) is 105 cm³/mol. The molecule has 0 aliphatic heterocycles. The van der Waals surface area contributed by atoms with Crippen LogP contribution in [0, 0.1) is 0 Å². The van der Waals surface area contributed by atoms with Gasteiger partial charge in [0.15, 0.2) is 5.96 Å². The molecular formula is C18H18ClN3S. The van der Waals surface area contributed by atoms with Crippen molar-refractivity contribution in [1.29, 1.82) is 0 Å². The highest BCUT2D eigenvalue weighted by molar-refractivity contribution is 7.79. The van der Waals surface area contributed by atoms with E-state index in [2.05, 4.69) is 35.1 Å². The predicted octanol–water partition coefficient (Wildman–Crippen LogP) is 4.75. The Hall–Kier alpha value is -2.17. The summed E-state index contributed by atoms with van der Waals surface area (Å²) in [6.07, 6.45) is 0. The maximum atomic E-state index is 6.04. The number of nitrogens with two attached hydrogens (primary N) is 1. The lowest BCUT2D eigenvalue weighted by Crippen LogP contribution is -2.21. The van der Waals surface area contributed by atoms with Crippen molar-refractivity contribution in [2.45, 2.75) is 5.75 Å². The fourth-order valence-electron chi connectivity index (χ4n) is 2.36. The van der Waals surface area contributed by atoms with Crippen molar-refractivity contribution >= 4 is 53.1 Å². The third kappa shape index (κ3) is 4.18. The van der Waals surface area contributed by atoms with Crippen LogP contribution in [0.2, 0.25) is 0 Å². The van der Waals surface area contributed by atoms with Crippen molar-refractivity contribution in [3.05, 3.63) is 72.3 Å². The number of anilines is 1. The van der Waals surface area contributed by atoms with Crippen LogP contribution in [-0.4, -0.2) is 5.96 Å². The molecule has 0 saturated carbocycles. The van der Waals surface area contributed by atoms with Crippen molar-refractivity contribution in [2.75, 3.05) is 5.32 Å². The number of rotatable bonds is 3. The van der Waals surface area contributed by atoms with Crippen LogP contribution in [0.15, 0.2) is 71.7 Å². The first-order valence-corrected chi connectivity index (χ1v) is 7.68. The highest BCUT2D eigenvalue weighted by atomic mass is 35.5. The minimum absolute atomic E-state index is 0. The third-order valence-corrected chi connectivity index (χ3v) is 3.75. The molecule has 0 bridgehead atoms. The maximum absolute atomic E-state index is 6.04. The molecule has 0 aliphatic carbocycles. The molecule has 3 N–H and O–H groups in total. The highest BCUT2D eigenvalue weighted by Crippen LogP contribution is 2.25. The number of hydrogen-bond acceptors (Lipinski definition) is 2. The molecule has 0 aromatic heterocycles. The van der Waals surface area contributed by atoms with Crippen molar-refractivity contribution in [2.24, 2.45) is 10.7 Å². The second-order valence-corrected chi connectivity index (χ2v) is 5.30. The van der Waals surface area contributed by atoms with Gasteiger partial charge in [-0.2, -0.15) is 12.6 Å². The molecule has 118 valence electrons. The summed E-state index contributed by atoms with van der Waals surface area (Å²) in [5.74, 6) is 1.06. The van der Waals surface area contributed by atoms with Gasteiger partial charge in [-0.15, -0.1) is 12.4 Å². The van der Waals surface area contributed by atoms with E-state index < -0.39 is 0 Å². The number of aliphatic imine (C=N–C) groups is 1. The van der Waals surface area contributed by atoms with E-state index in [1.165, 1.54) is 0 Å². The first-order valence-electron chi connectivity index (χ1n) is 7.05. The van der Waals surface area contributed by atoms with E-state index in [1.807, 2.05) is 54.6 Å². The second kappa shape index (κ2) is 7.90. The van der Waals surface area contributed by atoms with E-state index in [4.69, 9.17) is 5.73 Å². The average Bonchev–Trinajstić information content (AvgIpc) is 2.55. The van der Waals surface area contributed by atoms with Crippen LogP contribution in [-0.2, 0) is 5.75 Å². The summed E-state index contributed by atoms with van der Waals surface area (Å²) in [5, 5.41) is 5.35. The first-order chi connectivity index (χ1) is 10.8. The fraction of sp³-hybridized carbons (Fsp3) is 0.0556. The molecule has 0 amide bonds. The van der Waals surface area contributed by atoms with Crippen LogP contribution < -0.4 is 11.1 Å². The Balaban J connectivity index is 0.00000192. The molecule has 0 heterocycles. The van der Waals surface area contributed by atoms with Gasteiger partial charge in [-0.25, -0.2) is 4.99 Å². The molecule has 0 saturated heterocycles. The second-order valence-electron chi connectivity index (χ2n) is 4.98. The van der Waals surface area contributed by atoms with Crippen molar-refractivity contribution < 1.29 is 0 Å². The molecule has 0 radical (unpaired) electrons. The zero-order valence-electron chi connectivity index (χ0n) is 12.4. The minimum Gasteiger partial charge on any atom is -0.369 e. The van der Waals surface area contributed by atoms with Gasteiger partial charge in [0.1, 0.15) is 0 Å². The van der Waals surface area contributed by atoms with E-state index >= 15 is 0 Å². The summed E-state index contributed by atoms with van der Waals surface area (Å²) >= 11 is 4.28. The largest absolute Gasteiger partial charge is 0.369 e. The Morgan fingerprint density at radius 2 is 1.74 bits per heavy atom. The van der Waals surface area contributed by atoms with Gasteiger partial charge in [0.25, 0.3) is 0 Å². The first kappa shape index (κ1) is 17.2. The minimum atomic E-state index is 0. The summed E-state index contributed by atoms with van der Waals surface area (Å²) in [6.45, 7) is 0. The number of halogens is 1. The van der Waals surface area contributed by atoms with E-state index in [0.717, 1.165) is 27.7 Å². The summed E-state index contributed by atoms with van der Waals surface area (Å²) < 4.78 is 0. The Morgan fingerprint density at radius 1 is 1.00 bits per heavy atom. The van der Waals surface area contributed by atoms with Crippen LogP contribution in [0.3, 0.4) is 0 Å². The van der Waals surface area contributed by atoms with Crippen LogP contribution in [0.25, 0.3) is 10.8 Å². The Bertz CT molecular complexity index is 828. The smallest absolute Gasteiger partial charge is 0.198 e. The summed E-state index contributed by atoms with van der Waals surface area (Å²) in [6, 6.07) is 22.1. The Kier molecular flexibility index (Phi) is 5.90. The highest BCUT2D eigenvalue weighted by Gasteiger charge is 2.01. The van der Waals surface area contributed by atoms with E-state index in [9.17, 15) is 0 Å². The molecule has 0 fully saturated rings. The van der Waals surface area contributed by atoms with E-state index in [1.54, 1.807) is 0 Å². The van der Waals surface area contributed by atoms with Crippen molar-refractivity contribution in [3.63, 3.8) is 0 Å². The monoisotopic (exact) mass is 343 g/mol. The van der Waals surface area contributed by atoms with Gasteiger partial charge < -0.3 is 11.1 Å². The van der Waals surface area contributed by atoms with Gasteiger partial charge in [-0.3, -0.25) is 0 Å². The molecular weight excluding hydrogens is 326 g/mol. The van der Waals surface area contributed by atoms with Crippen LogP contribution >= 0.6 is 25.0 Å². The van der Waals surface area contributed by atoms with Gasteiger partial charge in [0, 0.05) is 16.8 Å². The number of nitrogens with one attached hydrogen (secondary N) is 1. The molecule has 3 nitrogen and oxygen atoms in total. The SMILES string of the molecule is Cl.NC(=Nc1cccc2ccccc12)Nc1cccc(CS)c1. The van der Waals surface area contributed by atoms with Crippen molar-refractivity contribution in [1.82, 2.24) is 0 Å². The van der Waals surface area contributed by atoms with Gasteiger partial charge in [0.2, 0.25) is 0 Å². The maximum Gasteiger partial charge on any atom is 0.198 e. The molecule has 23 heavy (non-hydrogen) atoms.